The third kappa shape index (κ3) is 3.63. The number of halogens is 2. The number of ether oxygens (including phenoxy) is 1. The van der Waals surface area contributed by atoms with Gasteiger partial charge < -0.3 is 14.7 Å². The predicted octanol–water partition coefficient (Wildman–Crippen LogP) is 2.41. The number of hydrogen-bond acceptors (Lipinski definition) is 4. The maximum atomic E-state index is 12.6. The van der Waals surface area contributed by atoms with E-state index in [1.165, 1.54) is 4.90 Å². The molecule has 1 aliphatic heterocycles. The Morgan fingerprint density at radius 1 is 1.28 bits per heavy atom. The molecule has 1 saturated heterocycles. The number of aromatic nitrogens is 2. The first kappa shape index (κ1) is 17.7. The van der Waals surface area contributed by atoms with Crippen LogP contribution in [0, 0.1) is 6.92 Å². The van der Waals surface area contributed by atoms with Gasteiger partial charge in [-0.2, -0.15) is 5.10 Å². The van der Waals surface area contributed by atoms with Crippen LogP contribution < -0.4 is 0 Å². The fourth-order valence-electron chi connectivity index (χ4n) is 2.60. The van der Waals surface area contributed by atoms with E-state index in [0.29, 0.717) is 22.3 Å². The molecule has 1 fully saturated rings. The molecule has 9 heteroatoms. The highest BCUT2D eigenvalue weighted by Crippen LogP contribution is 2.25. The number of aryl methyl sites for hydroxylation is 1. The molecule has 0 spiro atoms. The van der Waals surface area contributed by atoms with Gasteiger partial charge in [0.2, 0.25) is 0 Å². The van der Waals surface area contributed by atoms with E-state index in [4.69, 9.17) is 33.0 Å². The average molecular weight is 384 g/mol. The van der Waals surface area contributed by atoms with Crippen molar-refractivity contribution in [3.05, 3.63) is 45.7 Å². The smallest absolute Gasteiger partial charge is 0.334 e. The van der Waals surface area contributed by atoms with Crippen molar-refractivity contribution in [3.63, 3.8) is 0 Å². The molecule has 1 atom stereocenters. The van der Waals surface area contributed by atoms with Crippen molar-refractivity contribution in [2.45, 2.75) is 13.0 Å². The largest absolute Gasteiger partial charge is 0.479 e. The molecule has 0 bridgehead atoms. The Hall–Kier alpha value is -2.09. The predicted molar refractivity (Wildman–Crippen MR) is 91.6 cm³/mol. The Morgan fingerprint density at radius 3 is 2.72 bits per heavy atom. The standard InChI is InChI=1S/C16H15Cl2N3O4/c1-9-6-13(15(22)20-4-5-25-14(8-20)16(23)24)19-21(9)10-2-3-11(17)12(18)7-10/h2-3,6-7,14H,4-5,8H2,1H3,(H,23,24). The summed E-state index contributed by atoms with van der Waals surface area (Å²) in [5.41, 5.74) is 1.65. The molecule has 1 aromatic carbocycles. The third-order valence-corrected chi connectivity index (χ3v) is 4.62. The molecule has 2 heterocycles. The number of carbonyl (C=O) groups is 2. The second-order valence-electron chi connectivity index (χ2n) is 5.63. The van der Waals surface area contributed by atoms with Crippen molar-refractivity contribution in [1.82, 2.24) is 14.7 Å². The number of amides is 1. The van der Waals surface area contributed by atoms with E-state index < -0.39 is 12.1 Å². The summed E-state index contributed by atoms with van der Waals surface area (Å²) in [4.78, 5) is 25.1. The lowest BCUT2D eigenvalue weighted by Crippen LogP contribution is -2.48. The van der Waals surface area contributed by atoms with Crippen molar-refractivity contribution < 1.29 is 19.4 Å². The van der Waals surface area contributed by atoms with E-state index in [9.17, 15) is 9.59 Å². The van der Waals surface area contributed by atoms with Crippen molar-refractivity contribution in [1.29, 1.82) is 0 Å². The van der Waals surface area contributed by atoms with Crippen LogP contribution in [0.2, 0.25) is 10.0 Å². The molecule has 1 N–H and O–H groups in total. The van der Waals surface area contributed by atoms with Gasteiger partial charge >= 0.3 is 5.97 Å². The van der Waals surface area contributed by atoms with E-state index in [-0.39, 0.29) is 24.8 Å². The second kappa shape index (κ2) is 7.03. The lowest BCUT2D eigenvalue weighted by Gasteiger charge is -2.30. The number of hydrogen-bond donors (Lipinski definition) is 1. The quantitative estimate of drug-likeness (QED) is 0.879. The first-order chi connectivity index (χ1) is 11.9. The molecule has 3 rings (SSSR count). The summed E-state index contributed by atoms with van der Waals surface area (Å²) in [6, 6.07) is 6.71. The number of morpholine rings is 1. The lowest BCUT2D eigenvalue weighted by molar-refractivity contribution is -0.154. The fourth-order valence-corrected chi connectivity index (χ4v) is 2.89. The molecule has 0 saturated carbocycles. The monoisotopic (exact) mass is 383 g/mol. The third-order valence-electron chi connectivity index (χ3n) is 3.88. The minimum Gasteiger partial charge on any atom is -0.479 e. The van der Waals surface area contributed by atoms with Gasteiger partial charge in [0.15, 0.2) is 11.8 Å². The molecule has 1 unspecified atom stereocenters. The van der Waals surface area contributed by atoms with Crippen LogP contribution in [0.1, 0.15) is 16.2 Å². The van der Waals surface area contributed by atoms with Crippen LogP contribution in [0.15, 0.2) is 24.3 Å². The summed E-state index contributed by atoms with van der Waals surface area (Å²) >= 11 is 12.0. The number of rotatable bonds is 3. The zero-order chi connectivity index (χ0) is 18.1. The van der Waals surface area contributed by atoms with Crippen LogP contribution in [-0.2, 0) is 9.53 Å². The van der Waals surface area contributed by atoms with E-state index in [2.05, 4.69) is 5.10 Å². The number of carboxylic acids is 1. The Labute approximate surface area is 153 Å². The maximum absolute atomic E-state index is 12.6. The van der Waals surface area contributed by atoms with Crippen molar-refractivity contribution >= 4 is 35.1 Å². The highest BCUT2D eigenvalue weighted by molar-refractivity contribution is 6.42. The number of benzene rings is 1. The van der Waals surface area contributed by atoms with Crippen LogP contribution in [0.3, 0.4) is 0 Å². The Bertz CT molecular complexity index is 837. The second-order valence-corrected chi connectivity index (χ2v) is 6.44. The van der Waals surface area contributed by atoms with Crippen LogP contribution in [-0.4, -0.2) is 57.5 Å². The molecule has 1 aliphatic rings. The van der Waals surface area contributed by atoms with Gasteiger partial charge in [-0.15, -0.1) is 0 Å². The van der Waals surface area contributed by atoms with E-state index in [1.807, 2.05) is 6.92 Å². The molecule has 1 amide bonds. The zero-order valence-corrected chi connectivity index (χ0v) is 14.8. The molecular formula is C16H15Cl2N3O4. The van der Waals surface area contributed by atoms with Gasteiger partial charge in [-0.05, 0) is 31.2 Å². The number of nitrogens with zero attached hydrogens (tertiary/aromatic N) is 3. The van der Waals surface area contributed by atoms with Gasteiger partial charge in [0.05, 0.1) is 28.9 Å². The van der Waals surface area contributed by atoms with Gasteiger partial charge in [-0.1, -0.05) is 23.2 Å². The summed E-state index contributed by atoms with van der Waals surface area (Å²) in [6.45, 7) is 2.30. The van der Waals surface area contributed by atoms with Crippen molar-refractivity contribution in [3.8, 4) is 5.69 Å². The number of carboxylic acid groups (broad SMARTS) is 1. The Balaban J connectivity index is 1.85. The molecule has 7 nitrogen and oxygen atoms in total. The van der Waals surface area contributed by atoms with E-state index >= 15 is 0 Å². The van der Waals surface area contributed by atoms with E-state index in [0.717, 1.165) is 5.69 Å². The molecule has 0 aliphatic carbocycles. The molecule has 1 aromatic heterocycles. The Kier molecular flexibility index (Phi) is 4.99. The number of aliphatic carboxylic acids is 1. The van der Waals surface area contributed by atoms with Crippen LogP contribution in [0.25, 0.3) is 5.69 Å². The normalized spacial score (nSPS) is 17.6. The molecular weight excluding hydrogens is 369 g/mol. The van der Waals surface area contributed by atoms with Gasteiger partial charge in [-0.25, -0.2) is 9.48 Å². The minimum atomic E-state index is -1.09. The first-order valence-electron chi connectivity index (χ1n) is 7.52. The average Bonchev–Trinajstić information content (AvgIpc) is 2.98. The fraction of sp³-hybridized carbons (Fsp3) is 0.312. The molecule has 132 valence electrons. The van der Waals surface area contributed by atoms with Crippen molar-refractivity contribution in [2.24, 2.45) is 0 Å². The molecule has 0 radical (unpaired) electrons. The minimum absolute atomic E-state index is 0.00710. The van der Waals surface area contributed by atoms with Gasteiger partial charge in [0.25, 0.3) is 5.91 Å². The Morgan fingerprint density at radius 2 is 2.04 bits per heavy atom. The first-order valence-corrected chi connectivity index (χ1v) is 8.28. The summed E-state index contributed by atoms with van der Waals surface area (Å²) in [6.07, 6.45) is -1.02. The topological polar surface area (TPSA) is 84.7 Å². The van der Waals surface area contributed by atoms with Crippen LogP contribution >= 0.6 is 23.2 Å². The lowest BCUT2D eigenvalue weighted by atomic mass is 10.2. The van der Waals surface area contributed by atoms with Crippen LogP contribution in [0.5, 0.6) is 0 Å². The zero-order valence-electron chi connectivity index (χ0n) is 13.3. The summed E-state index contributed by atoms with van der Waals surface area (Å²) in [7, 11) is 0. The molecule has 2 aromatic rings. The summed E-state index contributed by atoms with van der Waals surface area (Å²) < 4.78 is 6.72. The van der Waals surface area contributed by atoms with Gasteiger partial charge in [-0.3, -0.25) is 4.79 Å². The van der Waals surface area contributed by atoms with Crippen molar-refractivity contribution in [2.75, 3.05) is 19.7 Å². The van der Waals surface area contributed by atoms with Gasteiger partial charge in [0.1, 0.15) is 0 Å². The summed E-state index contributed by atoms with van der Waals surface area (Å²) in [5.74, 6) is -1.42. The maximum Gasteiger partial charge on any atom is 0.334 e. The highest BCUT2D eigenvalue weighted by atomic mass is 35.5. The summed E-state index contributed by atoms with van der Waals surface area (Å²) in [5, 5.41) is 14.2. The SMILES string of the molecule is Cc1cc(C(=O)N2CCOC(C(=O)O)C2)nn1-c1ccc(Cl)c(Cl)c1. The van der Waals surface area contributed by atoms with E-state index in [1.54, 1.807) is 28.9 Å². The number of carbonyl (C=O) groups excluding carboxylic acids is 1. The van der Waals surface area contributed by atoms with Crippen LogP contribution in [0.4, 0.5) is 0 Å². The van der Waals surface area contributed by atoms with Gasteiger partial charge in [0, 0.05) is 12.2 Å². The highest BCUT2D eigenvalue weighted by Gasteiger charge is 2.30. The molecule has 25 heavy (non-hydrogen) atoms.